The predicted molar refractivity (Wildman–Crippen MR) is 125 cm³/mol. The number of carboxylic acids is 2. The summed E-state index contributed by atoms with van der Waals surface area (Å²) in [5.41, 5.74) is -4.34. The van der Waals surface area contributed by atoms with Crippen molar-refractivity contribution in [3.8, 4) is 11.5 Å². The molecular formula is C26H30N2O9. The molecule has 0 unspecified atom stereocenters. The summed E-state index contributed by atoms with van der Waals surface area (Å²) in [7, 11) is 3.46. The molecule has 0 aromatic heterocycles. The lowest BCUT2D eigenvalue weighted by molar-refractivity contribution is -0.236. The number of likely N-dealkylation sites (N-methyl/N-ethyl adjacent to an activating group) is 1. The number of hydrogen-bond donors (Lipinski definition) is 3. The van der Waals surface area contributed by atoms with E-state index in [1.807, 2.05) is 13.1 Å². The summed E-state index contributed by atoms with van der Waals surface area (Å²) < 4.78 is 12.3. The van der Waals surface area contributed by atoms with Gasteiger partial charge in [0.15, 0.2) is 17.1 Å². The van der Waals surface area contributed by atoms with Crippen LogP contribution >= 0.6 is 0 Å². The first-order chi connectivity index (χ1) is 17.6. The number of likely N-dealkylation sites (tertiary alicyclic amines) is 2. The van der Waals surface area contributed by atoms with Gasteiger partial charge in [0.1, 0.15) is 0 Å². The van der Waals surface area contributed by atoms with Crippen LogP contribution in [0, 0.1) is 5.92 Å². The molecule has 1 saturated carbocycles. The number of amides is 2. The molecule has 2 aliphatic carbocycles. The van der Waals surface area contributed by atoms with E-state index in [0.29, 0.717) is 36.5 Å². The summed E-state index contributed by atoms with van der Waals surface area (Å²) in [6.07, 6.45) is -1.31. The monoisotopic (exact) mass is 514 g/mol. The number of ether oxygens (including phenoxy) is 2. The van der Waals surface area contributed by atoms with E-state index in [4.69, 9.17) is 9.47 Å². The minimum Gasteiger partial charge on any atom is -0.493 e. The van der Waals surface area contributed by atoms with E-state index in [1.165, 1.54) is 7.11 Å². The number of carbonyl (C=O) groups is 4. The van der Waals surface area contributed by atoms with Crippen LogP contribution in [0.4, 0.5) is 0 Å². The van der Waals surface area contributed by atoms with Crippen LogP contribution in [0.15, 0.2) is 12.1 Å². The number of nitrogens with zero attached hydrogens (tertiary/aromatic N) is 2. The Balaban J connectivity index is 1.76. The van der Waals surface area contributed by atoms with Crippen LogP contribution in [0.1, 0.15) is 49.7 Å². The molecule has 2 amide bonds. The van der Waals surface area contributed by atoms with Gasteiger partial charge in [-0.05, 0) is 56.8 Å². The van der Waals surface area contributed by atoms with Gasteiger partial charge in [-0.3, -0.25) is 19.3 Å². The maximum absolute atomic E-state index is 13.5. The van der Waals surface area contributed by atoms with Gasteiger partial charge in [0.25, 0.3) is 0 Å². The number of aliphatic carboxylic acids is 2. The van der Waals surface area contributed by atoms with Gasteiger partial charge in [-0.15, -0.1) is 0 Å². The highest BCUT2D eigenvalue weighted by atomic mass is 16.6. The van der Waals surface area contributed by atoms with Gasteiger partial charge < -0.3 is 29.7 Å². The Kier molecular flexibility index (Phi) is 5.01. The second kappa shape index (κ2) is 7.67. The van der Waals surface area contributed by atoms with Crippen molar-refractivity contribution in [1.82, 2.24) is 9.80 Å². The lowest BCUT2D eigenvalue weighted by Gasteiger charge is -2.66. The molecule has 1 spiro atoms. The number of rotatable bonds is 6. The predicted octanol–water partition coefficient (Wildman–Crippen LogP) is 0.542. The average Bonchev–Trinajstić information content (AvgIpc) is 3.36. The number of aliphatic hydroxyl groups excluding tert-OH is 1. The van der Waals surface area contributed by atoms with Crippen molar-refractivity contribution in [2.24, 2.45) is 5.92 Å². The second-order valence-corrected chi connectivity index (χ2v) is 11.0. The molecular weight excluding hydrogens is 484 g/mol. The molecule has 11 nitrogen and oxygen atoms in total. The van der Waals surface area contributed by atoms with Crippen LogP contribution in [0.5, 0.6) is 11.5 Å². The molecule has 3 aliphatic heterocycles. The molecule has 37 heavy (non-hydrogen) atoms. The van der Waals surface area contributed by atoms with E-state index in [-0.39, 0.29) is 37.0 Å². The molecule has 2 bridgehead atoms. The Bertz CT molecular complexity index is 1230. The molecule has 0 radical (unpaired) electrons. The summed E-state index contributed by atoms with van der Waals surface area (Å²) in [5, 5.41) is 33.0. The summed E-state index contributed by atoms with van der Waals surface area (Å²) in [4.78, 5) is 55.2. The van der Waals surface area contributed by atoms with Gasteiger partial charge in [-0.2, -0.15) is 0 Å². The smallest absolute Gasteiger partial charge is 0.335 e. The second-order valence-electron chi connectivity index (χ2n) is 11.0. The van der Waals surface area contributed by atoms with Crippen molar-refractivity contribution in [3.05, 3.63) is 23.3 Å². The molecule has 6 rings (SSSR count). The molecule has 6 atom stereocenters. The summed E-state index contributed by atoms with van der Waals surface area (Å²) in [6, 6.07) is 3.62. The number of benzene rings is 1. The third kappa shape index (κ3) is 2.58. The Morgan fingerprint density at radius 1 is 1.19 bits per heavy atom. The minimum atomic E-state index is -2.68. The quantitative estimate of drug-likeness (QED) is 0.458. The first kappa shape index (κ1) is 24.2. The highest BCUT2D eigenvalue weighted by Crippen LogP contribution is 2.71. The zero-order valence-electron chi connectivity index (χ0n) is 20.7. The van der Waals surface area contributed by atoms with Crippen LogP contribution in [0.2, 0.25) is 0 Å². The summed E-state index contributed by atoms with van der Waals surface area (Å²) >= 11 is 0. The molecule has 3 fully saturated rings. The SMILES string of the molecule is COc1ccc2c3c1O[C@@]1([C@@](CC(=O)O)(C(=O)O)N4C(=O)CCC4=O)[C@@H](O)CC[C@H]4[C@@H](C2)N(C)CC[C@@]341. The number of aliphatic hydroxyl groups is 1. The molecule has 2 saturated heterocycles. The maximum Gasteiger partial charge on any atom is 0.335 e. The lowest BCUT2D eigenvalue weighted by atomic mass is 9.42. The molecule has 11 heteroatoms. The molecule has 198 valence electrons. The highest BCUT2D eigenvalue weighted by molar-refractivity contribution is 6.08. The van der Waals surface area contributed by atoms with E-state index in [0.717, 1.165) is 11.1 Å². The fourth-order valence-corrected chi connectivity index (χ4v) is 8.60. The van der Waals surface area contributed by atoms with E-state index < -0.39 is 52.8 Å². The maximum atomic E-state index is 13.5. The summed E-state index contributed by atoms with van der Waals surface area (Å²) in [6.45, 7) is 0.541. The van der Waals surface area contributed by atoms with Crippen molar-refractivity contribution in [2.75, 3.05) is 20.7 Å². The van der Waals surface area contributed by atoms with Crippen LogP contribution in [-0.4, -0.2) is 92.9 Å². The number of carbonyl (C=O) groups excluding carboxylic acids is 2. The first-order valence-corrected chi connectivity index (χ1v) is 12.7. The van der Waals surface area contributed by atoms with E-state index in [9.17, 15) is 34.5 Å². The lowest BCUT2D eigenvalue weighted by Crippen LogP contribution is -2.85. The average molecular weight is 515 g/mol. The topological polar surface area (TPSA) is 154 Å². The van der Waals surface area contributed by atoms with Crippen LogP contribution in [0.3, 0.4) is 0 Å². The zero-order chi connectivity index (χ0) is 26.5. The number of piperidine rings is 1. The van der Waals surface area contributed by atoms with Gasteiger partial charge in [-0.25, -0.2) is 4.79 Å². The van der Waals surface area contributed by atoms with Crippen molar-refractivity contribution in [3.63, 3.8) is 0 Å². The van der Waals surface area contributed by atoms with Crippen molar-refractivity contribution >= 4 is 23.8 Å². The van der Waals surface area contributed by atoms with Gasteiger partial charge in [-0.1, -0.05) is 6.07 Å². The molecule has 1 aromatic rings. The molecule has 1 aromatic carbocycles. The van der Waals surface area contributed by atoms with Crippen LogP contribution in [-0.2, 0) is 31.0 Å². The third-order valence-electron chi connectivity index (χ3n) is 9.78. The number of hydrogen-bond acceptors (Lipinski definition) is 8. The molecule has 3 heterocycles. The number of carboxylic acid groups (broad SMARTS) is 2. The number of methoxy groups -OCH3 is 1. The van der Waals surface area contributed by atoms with Crippen molar-refractivity contribution in [2.45, 2.75) is 73.6 Å². The van der Waals surface area contributed by atoms with Crippen LogP contribution < -0.4 is 9.47 Å². The first-order valence-electron chi connectivity index (χ1n) is 12.7. The Labute approximate surface area is 212 Å². The standard InChI is InChI=1S/C26H30N2O9/c1-27-10-9-24-14-4-6-17(29)26(24,37-22-16(36-2)5-3-13(21(22)24)11-15(14)27)25(23(34)35,12-20(32)33)28-18(30)7-8-19(28)31/h3,5,14-15,17,29H,4,6-12H2,1-2H3,(H,32,33)(H,34,35)/t14-,15+,17-,24-,25+,26-/m0/s1. The van der Waals surface area contributed by atoms with Gasteiger partial charge in [0, 0.05) is 24.4 Å². The van der Waals surface area contributed by atoms with Gasteiger partial charge in [0.2, 0.25) is 17.4 Å². The number of imide groups is 1. The highest BCUT2D eigenvalue weighted by Gasteiger charge is 2.84. The minimum absolute atomic E-state index is 0.0163. The van der Waals surface area contributed by atoms with Crippen molar-refractivity contribution in [1.29, 1.82) is 0 Å². The fraction of sp³-hybridized carbons (Fsp3) is 0.615. The van der Waals surface area contributed by atoms with Gasteiger partial charge in [0.05, 0.1) is 25.0 Å². The fourth-order valence-electron chi connectivity index (χ4n) is 8.60. The molecule has 5 aliphatic rings. The Morgan fingerprint density at radius 3 is 2.51 bits per heavy atom. The summed E-state index contributed by atoms with van der Waals surface area (Å²) in [5.74, 6) is -4.34. The Hall–Kier alpha value is -3.18. The van der Waals surface area contributed by atoms with E-state index in [2.05, 4.69) is 4.90 Å². The Morgan fingerprint density at radius 2 is 1.89 bits per heavy atom. The molecule has 3 N–H and O–H groups in total. The normalized spacial score (nSPS) is 35.5. The van der Waals surface area contributed by atoms with Crippen molar-refractivity contribution < 1.29 is 44.0 Å². The largest absolute Gasteiger partial charge is 0.493 e. The third-order valence-corrected chi connectivity index (χ3v) is 9.78. The van der Waals surface area contributed by atoms with E-state index >= 15 is 0 Å². The van der Waals surface area contributed by atoms with Crippen LogP contribution in [0.25, 0.3) is 0 Å². The van der Waals surface area contributed by atoms with E-state index in [1.54, 1.807) is 6.07 Å². The zero-order valence-corrected chi connectivity index (χ0v) is 20.7. The van der Waals surface area contributed by atoms with Gasteiger partial charge >= 0.3 is 11.9 Å².